The Morgan fingerprint density at radius 1 is 1.20 bits per heavy atom. The molecule has 2 aliphatic carbocycles. The molecule has 1 fully saturated rings. The summed E-state index contributed by atoms with van der Waals surface area (Å²) in [5.41, 5.74) is 7.34. The van der Waals surface area contributed by atoms with E-state index in [-0.39, 0.29) is 6.10 Å². The van der Waals surface area contributed by atoms with E-state index in [2.05, 4.69) is 48.6 Å². The standard InChI is InChI=1S/C24H35N5O/c1-4-5-17-12-21-23(13-17)25-15-22(18-14-26-29(16-18)11-10-28(2)3)24(21)27-19-6-8-20(30)9-7-19/h12,14-16,19-20,30H,4-11,13H2,1-3H3,(H,25,27). The molecule has 2 aromatic rings. The fourth-order valence-corrected chi connectivity index (χ4v) is 4.54. The zero-order chi connectivity index (χ0) is 21.1. The molecule has 2 aromatic heterocycles. The van der Waals surface area contributed by atoms with E-state index in [0.717, 1.165) is 69.2 Å². The van der Waals surface area contributed by atoms with Gasteiger partial charge in [-0.15, -0.1) is 0 Å². The predicted molar refractivity (Wildman–Crippen MR) is 122 cm³/mol. The average Bonchev–Trinajstić information content (AvgIpc) is 3.35. The minimum absolute atomic E-state index is 0.142. The summed E-state index contributed by atoms with van der Waals surface area (Å²) in [6.45, 7) is 4.06. The second kappa shape index (κ2) is 9.31. The summed E-state index contributed by atoms with van der Waals surface area (Å²) in [6, 6.07) is 0.395. The maximum Gasteiger partial charge on any atom is 0.0569 e. The molecule has 0 unspecified atom stereocenters. The SMILES string of the molecule is CCCC1=Cc2c(ncc(-c3cnn(CCN(C)C)c3)c2NC2CCC(O)CC2)C1. The van der Waals surface area contributed by atoms with E-state index in [1.54, 1.807) is 0 Å². The average molecular weight is 410 g/mol. The van der Waals surface area contributed by atoms with Crippen LogP contribution in [0.1, 0.15) is 56.7 Å². The molecule has 0 aliphatic heterocycles. The smallest absolute Gasteiger partial charge is 0.0569 e. The number of anilines is 1. The molecule has 0 aromatic carbocycles. The summed E-state index contributed by atoms with van der Waals surface area (Å²) >= 11 is 0. The quantitative estimate of drug-likeness (QED) is 0.691. The Morgan fingerprint density at radius 3 is 2.73 bits per heavy atom. The summed E-state index contributed by atoms with van der Waals surface area (Å²) in [6.07, 6.45) is 15.3. The van der Waals surface area contributed by atoms with Gasteiger partial charge in [0.2, 0.25) is 0 Å². The third kappa shape index (κ3) is 4.76. The van der Waals surface area contributed by atoms with Crippen molar-refractivity contribution < 1.29 is 5.11 Å². The van der Waals surface area contributed by atoms with Gasteiger partial charge in [0.05, 0.1) is 30.2 Å². The first-order valence-electron chi connectivity index (χ1n) is 11.4. The second-order valence-electron chi connectivity index (χ2n) is 9.08. The van der Waals surface area contributed by atoms with E-state index in [1.807, 2.05) is 17.1 Å². The van der Waals surface area contributed by atoms with Crippen molar-refractivity contribution in [3.8, 4) is 11.1 Å². The number of nitrogens with zero attached hydrogens (tertiary/aromatic N) is 4. The van der Waals surface area contributed by atoms with E-state index in [1.165, 1.54) is 22.5 Å². The van der Waals surface area contributed by atoms with Crippen LogP contribution in [-0.4, -0.2) is 57.6 Å². The van der Waals surface area contributed by atoms with Gasteiger partial charge in [-0.25, -0.2) is 0 Å². The molecular weight excluding hydrogens is 374 g/mol. The third-order valence-corrected chi connectivity index (χ3v) is 6.28. The van der Waals surface area contributed by atoms with Gasteiger partial charge in [-0.3, -0.25) is 9.67 Å². The molecule has 4 rings (SSSR count). The van der Waals surface area contributed by atoms with Crippen molar-refractivity contribution in [3.63, 3.8) is 0 Å². The van der Waals surface area contributed by atoms with Gasteiger partial charge in [0.15, 0.2) is 0 Å². The van der Waals surface area contributed by atoms with Gasteiger partial charge in [0.1, 0.15) is 0 Å². The number of aliphatic hydroxyl groups excluding tert-OH is 1. The molecule has 2 heterocycles. The molecule has 6 heteroatoms. The van der Waals surface area contributed by atoms with Crippen molar-refractivity contribution in [3.05, 3.63) is 35.4 Å². The number of allylic oxidation sites excluding steroid dienone is 1. The zero-order valence-corrected chi connectivity index (χ0v) is 18.6. The predicted octanol–water partition coefficient (Wildman–Crippen LogP) is 3.96. The molecule has 0 spiro atoms. The fraction of sp³-hybridized carbons (Fsp3) is 0.583. The molecule has 0 bridgehead atoms. The van der Waals surface area contributed by atoms with Gasteiger partial charge >= 0.3 is 0 Å². The number of hydrogen-bond acceptors (Lipinski definition) is 5. The summed E-state index contributed by atoms with van der Waals surface area (Å²) in [4.78, 5) is 7.01. The Bertz CT molecular complexity index is 893. The number of hydrogen-bond donors (Lipinski definition) is 2. The van der Waals surface area contributed by atoms with Crippen LogP contribution in [0.4, 0.5) is 5.69 Å². The van der Waals surface area contributed by atoms with Crippen molar-refractivity contribution in [2.24, 2.45) is 0 Å². The van der Waals surface area contributed by atoms with Crippen LogP contribution in [0.5, 0.6) is 0 Å². The molecule has 6 nitrogen and oxygen atoms in total. The van der Waals surface area contributed by atoms with Crippen LogP contribution in [0, 0.1) is 0 Å². The number of aromatic nitrogens is 3. The van der Waals surface area contributed by atoms with E-state index >= 15 is 0 Å². The molecule has 0 saturated heterocycles. The number of pyridine rings is 1. The highest BCUT2D eigenvalue weighted by atomic mass is 16.3. The van der Waals surface area contributed by atoms with Crippen molar-refractivity contribution in [1.82, 2.24) is 19.7 Å². The molecule has 0 amide bonds. The van der Waals surface area contributed by atoms with Crippen LogP contribution >= 0.6 is 0 Å². The Morgan fingerprint density at radius 2 is 2.00 bits per heavy atom. The monoisotopic (exact) mass is 409 g/mol. The third-order valence-electron chi connectivity index (χ3n) is 6.28. The number of nitrogens with one attached hydrogen (secondary N) is 1. The normalized spacial score (nSPS) is 21.0. The lowest BCUT2D eigenvalue weighted by molar-refractivity contribution is 0.126. The van der Waals surface area contributed by atoms with Crippen LogP contribution in [0.15, 0.2) is 24.2 Å². The first-order chi connectivity index (χ1) is 14.5. The highest BCUT2D eigenvalue weighted by molar-refractivity contribution is 5.86. The number of aliphatic hydroxyl groups is 1. The van der Waals surface area contributed by atoms with Crippen molar-refractivity contribution in [1.29, 1.82) is 0 Å². The molecule has 30 heavy (non-hydrogen) atoms. The minimum atomic E-state index is -0.142. The Hall–Kier alpha value is -2.18. The first-order valence-corrected chi connectivity index (χ1v) is 11.4. The van der Waals surface area contributed by atoms with Crippen LogP contribution in [0.25, 0.3) is 17.2 Å². The molecule has 0 radical (unpaired) electrons. The summed E-state index contributed by atoms with van der Waals surface area (Å²) < 4.78 is 2.02. The second-order valence-corrected chi connectivity index (χ2v) is 9.08. The Balaban J connectivity index is 1.65. The van der Waals surface area contributed by atoms with Gasteiger partial charge in [-0.2, -0.15) is 5.10 Å². The molecule has 2 aliphatic rings. The van der Waals surface area contributed by atoms with E-state index in [4.69, 9.17) is 4.98 Å². The van der Waals surface area contributed by atoms with Gasteiger partial charge in [-0.1, -0.05) is 25.0 Å². The lowest BCUT2D eigenvalue weighted by atomic mass is 9.92. The summed E-state index contributed by atoms with van der Waals surface area (Å²) in [7, 11) is 4.16. The van der Waals surface area contributed by atoms with Crippen LogP contribution < -0.4 is 5.32 Å². The Kier molecular flexibility index (Phi) is 6.54. The lowest BCUT2D eigenvalue weighted by Gasteiger charge is -2.28. The minimum Gasteiger partial charge on any atom is -0.393 e. The van der Waals surface area contributed by atoms with Crippen molar-refractivity contribution in [2.75, 3.05) is 26.0 Å². The molecule has 2 N–H and O–H groups in total. The first kappa shape index (κ1) is 21.1. The van der Waals surface area contributed by atoms with Gasteiger partial charge < -0.3 is 15.3 Å². The van der Waals surface area contributed by atoms with Crippen molar-refractivity contribution >= 4 is 11.8 Å². The van der Waals surface area contributed by atoms with Gasteiger partial charge in [0.25, 0.3) is 0 Å². The van der Waals surface area contributed by atoms with Crippen LogP contribution in [0.2, 0.25) is 0 Å². The number of fused-ring (bicyclic) bond motifs is 1. The maximum absolute atomic E-state index is 9.90. The maximum atomic E-state index is 9.90. The van der Waals surface area contributed by atoms with Crippen molar-refractivity contribution in [2.45, 2.75) is 70.6 Å². The Labute approximate surface area is 180 Å². The van der Waals surface area contributed by atoms with E-state index < -0.39 is 0 Å². The van der Waals surface area contributed by atoms with E-state index in [0.29, 0.717) is 6.04 Å². The molecular formula is C24H35N5O. The van der Waals surface area contributed by atoms with Crippen LogP contribution in [0.3, 0.4) is 0 Å². The van der Waals surface area contributed by atoms with Gasteiger partial charge in [0, 0.05) is 48.1 Å². The molecule has 1 saturated carbocycles. The number of likely N-dealkylation sites (N-methyl/N-ethyl adjacent to an activating group) is 1. The summed E-state index contributed by atoms with van der Waals surface area (Å²) in [5, 5.41) is 18.3. The fourth-order valence-electron chi connectivity index (χ4n) is 4.54. The lowest BCUT2D eigenvalue weighted by Crippen LogP contribution is -2.28. The molecule has 162 valence electrons. The van der Waals surface area contributed by atoms with E-state index in [9.17, 15) is 5.11 Å². The van der Waals surface area contributed by atoms with Crippen LogP contribution in [-0.2, 0) is 13.0 Å². The highest BCUT2D eigenvalue weighted by Gasteiger charge is 2.25. The largest absolute Gasteiger partial charge is 0.393 e. The van der Waals surface area contributed by atoms with Gasteiger partial charge in [-0.05, 0) is 46.2 Å². The highest BCUT2D eigenvalue weighted by Crippen LogP contribution is 2.39. The topological polar surface area (TPSA) is 66.2 Å². The zero-order valence-electron chi connectivity index (χ0n) is 18.6. The number of rotatable bonds is 8. The molecule has 0 atom stereocenters. The summed E-state index contributed by atoms with van der Waals surface area (Å²) in [5.74, 6) is 0.